The molecule has 7 nitrogen and oxygen atoms in total. The van der Waals surface area contributed by atoms with Crippen LogP contribution in [-0.4, -0.2) is 58.8 Å². The molecule has 0 saturated heterocycles. The number of rotatable bonds is 34. The van der Waals surface area contributed by atoms with Crippen molar-refractivity contribution in [2.45, 2.75) is 175 Å². The number of carbonyl (C=O) groups is 3. The summed E-state index contributed by atoms with van der Waals surface area (Å²) in [4.78, 5) is 34.4. The second kappa shape index (κ2) is 29.3. The van der Waals surface area contributed by atoms with E-state index in [1.165, 1.54) is 109 Å². The van der Waals surface area contributed by atoms with Crippen LogP contribution >= 0.6 is 0 Å². The van der Waals surface area contributed by atoms with Crippen molar-refractivity contribution in [1.82, 2.24) is 0 Å². The fourth-order valence-corrected chi connectivity index (χ4v) is 6.19. The summed E-state index contributed by atoms with van der Waals surface area (Å²) in [5.41, 5.74) is 0. The van der Waals surface area contributed by atoms with Gasteiger partial charge in [-0.3, -0.25) is 9.59 Å². The summed E-state index contributed by atoms with van der Waals surface area (Å²) in [6.45, 7) is 10.0. The van der Waals surface area contributed by atoms with Crippen LogP contribution in [0.4, 0.5) is 0 Å². The second-order valence-electron chi connectivity index (χ2n) is 14.4. The Morgan fingerprint density at radius 2 is 0.848 bits per heavy atom. The second-order valence-corrected chi connectivity index (χ2v) is 14.4. The Balaban J connectivity index is 4.30. The van der Waals surface area contributed by atoms with E-state index in [1.807, 2.05) is 0 Å². The van der Waals surface area contributed by atoms with Crippen LogP contribution in [0.2, 0.25) is 0 Å². The molecule has 3 atom stereocenters. The number of nitrogens with zero attached hydrogens (tertiary/aromatic N) is 1. The monoisotopic (exact) mass is 652 g/mol. The molecule has 0 fully saturated rings. The number of allylic oxidation sites excluding steroid dienone is 2. The molecule has 0 aromatic rings. The third-order valence-electron chi connectivity index (χ3n) is 10.00. The van der Waals surface area contributed by atoms with Crippen molar-refractivity contribution >= 4 is 17.9 Å². The van der Waals surface area contributed by atoms with Crippen molar-refractivity contribution in [3.63, 3.8) is 0 Å². The summed E-state index contributed by atoms with van der Waals surface area (Å²) in [5.74, 6) is -4.31. The largest absolute Gasteiger partial charge is 0.550 e. The van der Waals surface area contributed by atoms with Crippen molar-refractivity contribution in [2.75, 3.05) is 26.2 Å². The quantitative estimate of drug-likeness (QED) is 0.0407. The third kappa shape index (κ3) is 25.2. The first kappa shape index (κ1) is 44.1. The van der Waals surface area contributed by atoms with E-state index in [9.17, 15) is 29.7 Å². The predicted molar refractivity (Wildman–Crippen MR) is 189 cm³/mol. The molecule has 0 saturated carbocycles. The molecular weight excluding hydrogens is 578 g/mol. The van der Waals surface area contributed by atoms with Crippen LogP contribution in [-0.2, 0) is 14.4 Å². The lowest BCUT2D eigenvalue weighted by atomic mass is 10.0. The van der Waals surface area contributed by atoms with E-state index in [0.29, 0.717) is 43.4 Å². The van der Waals surface area contributed by atoms with Gasteiger partial charge < -0.3 is 24.6 Å². The van der Waals surface area contributed by atoms with Crippen LogP contribution < -0.4 is 5.11 Å². The number of hydrogen-bond acceptors (Lipinski definition) is 4. The van der Waals surface area contributed by atoms with Crippen molar-refractivity contribution in [3.8, 4) is 0 Å². The van der Waals surface area contributed by atoms with Gasteiger partial charge in [-0.25, -0.2) is 0 Å². The fraction of sp³-hybridized carbons (Fsp3) is 0.872. The van der Waals surface area contributed by atoms with E-state index in [4.69, 9.17) is 0 Å². The first-order valence-corrected chi connectivity index (χ1v) is 19.2. The summed E-state index contributed by atoms with van der Waals surface area (Å²) in [7, 11) is 0. The first-order chi connectivity index (χ1) is 22.0. The summed E-state index contributed by atoms with van der Waals surface area (Å²) in [6.07, 6.45) is 32.0. The van der Waals surface area contributed by atoms with Gasteiger partial charge in [0.1, 0.15) is 0 Å². The van der Waals surface area contributed by atoms with Crippen LogP contribution in [0.5, 0.6) is 0 Å². The molecule has 0 spiro atoms. The number of carboxylic acid groups (broad SMARTS) is 3. The van der Waals surface area contributed by atoms with E-state index in [-0.39, 0.29) is 0 Å². The summed E-state index contributed by atoms with van der Waals surface area (Å²) < 4.78 is 0.585. The van der Waals surface area contributed by atoms with Gasteiger partial charge in [-0.05, 0) is 38.5 Å². The first-order valence-electron chi connectivity index (χ1n) is 19.2. The highest BCUT2D eigenvalue weighted by Gasteiger charge is 2.30. The fourth-order valence-electron chi connectivity index (χ4n) is 6.19. The molecule has 2 N–H and O–H groups in total. The molecule has 3 unspecified atom stereocenters. The number of carboxylic acids is 3. The Hall–Kier alpha value is -1.89. The normalized spacial score (nSPS) is 15.0. The minimum Gasteiger partial charge on any atom is -0.550 e. The molecule has 7 heteroatoms. The van der Waals surface area contributed by atoms with Gasteiger partial charge in [0, 0.05) is 31.1 Å². The Kier molecular flexibility index (Phi) is 28.1. The molecule has 0 aromatic heterocycles. The van der Waals surface area contributed by atoms with Crippen molar-refractivity contribution in [3.05, 3.63) is 12.2 Å². The lowest BCUT2D eigenvalue weighted by Gasteiger charge is -2.41. The zero-order valence-electron chi connectivity index (χ0n) is 30.5. The predicted octanol–water partition coefficient (Wildman–Crippen LogP) is 9.18. The molecule has 0 aliphatic heterocycles. The van der Waals surface area contributed by atoms with Crippen LogP contribution in [0, 0.1) is 17.8 Å². The zero-order chi connectivity index (χ0) is 34.5. The van der Waals surface area contributed by atoms with Crippen molar-refractivity contribution < 1.29 is 34.2 Å². The van der Waals surface area contributed by atoms with Crippen LogP contribution in [0.3, 0.4) is 0 Å². The topological polar surface area (TPSA) is 115 Å². The molecule has 0 aliphatic rings. The van der Waals surface area contributed by atoms with E-state index in [2.05, 4.69) is 19.1 Å². The van der Waals surface area contributed by atoms with Gasteiger partial charge in [-0.15, -0.1) is 0 Å². The molecular formula is C39H73NO6. The third-order valence-corrected chi connectivity index (χ3v) is 10.00. The summed E-state index contributed by atoms with van der Waals surface area (Å²) in [6, 6.07) is 0. The molecule has 0 aliphatic carbocycles. The van der Waals surface area contributed by atoms with Gasteiger partial charge in [0.15, 0.2) is 0 Å². The van der Waals surface area contributed by atoms with Gasteiger partial charge in [-0.2, -0.15) is 0 Å². The molecule has 0 amide bonds. The Bertz CT molecular complexity index is 738. The van der Waals surface area contributed by atoms with Gasteiger partial charge in [0.25, 0.3) is 0 Å². The van der Waals surface area contributed by atoms with Crippen molar-refractivity contribution in [1.29, 1.82) is 0 Å². The Morgan fingerprint density at radius 1 is 0.522 bits per heavy atom. The molecule has 0 aromatic carbocycles. The SMILES string of the molecule is CCCCCCCCCC/C=C/CCCCCCCCCCCC[N+](CCC(C)C(=O)[O-])(CCC(C)C(=O)O)CCC(C)C(=O)O. The van der Waals surface area contributed by atoms with Gasteiger partial charge in [0.05, 0.1) is 38.0 Å². The molecule has 0 rings (SSSR count). The maximum absolute atomic E-state index is 11.5. The van der Waals surface area contributed by atoms with E-state index >= 15 is 0 Å². The molecule has 0 heterocycles. The van der Waals surface area contributed by atoms with Gasteiger partial charge in [-0.1, -0.05) is 130 Å². The number of carbonyl (C=O) groups excluding carboxylic acids is 1. The number of quaternary nitrogens is 1. The average Bonchev–Trinajstić information content (AvgIpc) is 3.03. The standard InChI is InChI=1S/C39H73NO6/c1-5-6-7-8-9-10-11-12-13-14-15-16-17-18-19-20-21-22-23-24-25-26-30-40(31-27-34(2)37(41)42,32-28-35(3)38(43)44)33-29-36(4)39(45)46/h14-15,34-36H,5-13,16-33H2,1-4H3,(H2-,41,42,43,44,45,46)/b15-14+. The highest BCUT2D eigenvalue weighted by molar-refractivity contribution is 5.69. The molecule has 270 valence electrons. The highest BCUT2D eigenvalue weighted by Crippen LogP contribution is 2.22. The van der Waals surface area contributed by atoms with Crippen LogP contribution in [0.25, 0.3) is 0 Å². The zero-order valence-corrected chi connectivity index (χ0v) is 30.5. The molecule has 0 bridgehead atoms. The van der Waals surface area contributed by atoms with Crippen LogP contribution in [0.15, 0.2) is 12.2 Å². The average molecular weight is 652 g/mol. The Morgan fingerprint density at radius 3 is 1.20 bits per heavy atom. The smallest absolute Gasteiger partial charge is 0.306 e. The van der Waals surface area contributed by atoms with Gasteiger partial charge >= 0.3 is 11.9 Å². The summed E-state index contributed by atoms with van der Waals surface area (Å²) >= 11 is 0. The minimum atomic E-state index is -1.07. The minimum absolute atomic E-state index is 0.445. The number of hydrogen-bond donors (Lipinski definition) is 2. The van der Waals surface area contributed by atoms with E-state index in [1.54, 1.807) is 20.8 Å². The van der Waals surface area contributed by atoms with Gasteiger partial charge in [0.2, 0.25) is 0 Å². The van der Waals surface area contributed by atoms with Crippen LogP contribution in [0.1, 0.15) is 175 Å². The molecule has 46 heavy (non-hydrogen) atoms. The van der Waals surface area contributed by atoms with E-state index < -0.39 is 35.7 Å². The Labute approximate surface area is 283 Å². The summed E-state index contributed by atoms with van der Waals surface area (Å²) in [5, 5.41) is 30.3. The number of aliphatic carboxylic acids is 3. The van der Waals surface area contributed by atoms with Crippen molar-refractivity contribution in [2.24, 2.45) is 17.8 Å². The number of unbranched alkanes of at least 4 members (excludes halogenated alkanes) is 18. The lowest BCUT2D eigenvalue weighted by molar-refractivity contribution is -0.929. The lowest BCUT2D eigenvalue weighted by Crippen LogP contribution is -2.52. The maximum atomic E-state index is 11.5. The molecule has 0 radical (unpaired) electrons. The van der Waals surface area contributed by atoms with E-state index in [0.717, 1.165) is 25.8 Å². The maximum Gasteiger partial charge on any atom is 0.306 e. The highest BCUT2D eigenvalue weighted by atomic mass is 16.4.